The van der Waals surface area contributed by atoms with Gasteiger partial charge in [-0.15, -0.1) is 0 Å². The number of carbonyl (C=O) groups excluding carboxylic acids is 2. The predicted octanol–water partition coefficient (Wildman–Crippen LogP) is 2.63. The van der Waals surface area contributed by atoms with E-state index < -0.39 is 5.91 Å². The molecule has 1 aromatic carbocycles. The van der Waals surface area contributed by atoms with Crippen LogP contribution < -0.4 is 5.32 Å². The molecule has 2 rings (SSSR count). The molecule has 1 aromatic rings. The lowest BCUT2D eigenvalue weighted by atomic mass is 9.83. The van der Waals surface area contributed by atoms with E-state index in [-0.39, 0.29) is 11.3 Å². The topological polar surface area (TPSA) is 55.4 Å². The minimum atomic E-state index is -0.415. The highest BCUT2D eigenvalue weighted by atomic mass is 16.5. The second-order valence-electron chi connectivity index (χ2n) is 5.78. The molecule has 0 bridgehead atoms. The van der Waals surface area contributed by atoms with Gasteiger partial charge in [-0.05, 0) is 30.0 Å². The van der Waals surface area contributed by atoms with Gasteiger partial charge in [0, 0.05) is 11.1 Å². The van der Waals surface area contributed by atoms with Crippen molar-refractivity contribution in [3.8, 4) is 0 Å². The SMILES string of the molecule is CCO/C=C1\C(=O)NC(=O)c2ccc(C(C)(C)C)cc21. The molecule has 0 radical (unpaired) electrons. The van der Waals surface area contributed by atoms with E-state index >= 15 is 0 Å². The normalized spacial score (nSPS) is 16.9. The zero-order valence-corrected chi connectivity index (χ0v) is 12.2. The van der Waals surface area contributed by atoms with E-state index in [9.17, 15) is 9.59 Å². The van der Waals surface area contributed by atoms with Crippen LogP contribution in [-0.4, -0.2) is 18.4 Å². The van der Waals surface area contributed by atoms with Crippen LogP contribution in [0.1, 0.15) is 49.2 Å². The quantitative estimate of drug-likeness (QED) is 0.512. The van der Waals surface area contributed by atoms with Gasteiger partial charge in [-0.1, -0.05) is 26.8 Å². The number of benzene rings is 1. The van der Waals surface area contributed by atoms with Gasteiger partial charge < -0.3 is 4.74 Å². The number of imide groups is 1. The monoisotopic (exact) mass is 273 g/mol. The second kappa shape index (κ2) is 5.12. The third-order valence-corrected chi connectivity index (χ3v) is 3.26. The van der Waals surface area contributed by atoms with Crippen LogP contribution in [0.25, 0.3) is 5.57 Å². The maximum absolute atomic E-state index is 12.0. The molecule has 0 spiro atoms. The number of hydrogen-bond donors (Lipinski definition) is 1. The fourth-order valence-corrected chi connectivity index (χ4v) is 2.08. The molecule has 4 heteroatoms. The van der Waals surface area contributed by atoms with Crippen molar-refractivity contribution in [1.29, 1.82) is 0 Å². The third-order valence-electron chi connectivity index (χ3n) is 3.26. The van der Waals surface area contributed by atoms with Gasteiger partial charge >= 0.3 is 0 Å². The Hall–Kier alpha value is -2.10. The minimum absolute atomic E-state index is 0.0529. The van der Waals surface area contributed by atoms with Gasteiger partial charge in [0.1, 0.15) is 0 Å². The van der Waals surface area contributed by atoms with E-state index in [2.05, 4.69) is 26.1 Å². The lowest BCUT2D eigenvalue weighted by Crippen LogP contribution is -2.36. The van der Waals surface area contributed by atoms with Crippen molar-refractivity contribution in [2.24, 2.45) is 0 Å². The first-order chi connectivity index (χ1) is 9.34. The molecule has 0 saturated heterocycles. The third kappa shape index (κ3) is 2.59. The van der Waals surface area contributed by atoms with Crippen LogP contribution in [0.5, 0.6) is 0 Å². The maximum atomic E-state index is 12.0. The summed E-state index contributed by atoms with van der Waals surface area (Å²) in [4.78, 5) is 23.8. The molecular weight excluding hydrogens is 254 g/mol. The molecule has 106 valence electrons. The number of nitrogens with one attached hydrogen (secondary N) is 1. The molecule has 1 N–H and O–H groups in total. The summed E-state index contributed by atoms with van der Waals surface area (Å²) in [6, 6.07) is 5.58. The number of ether oxygens (including phenoxy) is 1. The Morgan fingerprint density at radius 3 is 2.45 bits per heavy atom. The Kier molecular flexibility index (Phi) is 3.66. The molecule has 0 fully saturated rings. The fraction of sp³-hybridized carbons (Fsp3) is 0.375. The van der Waals surface area contributed by atoms with Gasteiger partial charge in [0.05, 0.1) is 18.4 Å². The summed E-state index contributed by atoms with van der Waals surface area (Å²) < 4.78 is 5.23. The standard InChI is InChI=1S/C16H19NO3/c1-5-20-9-13-12-8-10(16(2,3)4)6-7-11(12)14(18)17-15(13)19/h6-9H,5H2,1-4H3,(H,17,18,19)/b13-9-. The van der Waals surface area contributed by atoms with Crippen molar-refractivity contribution in [3.05, 3.63) is 41.2 Å². The van der Waals surface area contributed by atoms with Gasteiger partial charge in [-0.25, -0.2) is 0 Å². The van der Waals surface area contributed by atoms with Crippen molar-refractivity contribution < 1.29 is 14.3 Å². The van der Waals surface area contributed by atoms with E-state index in [0.717, 1.165) is 5.56 Å². The van der Waals surface area contributed by atoms with Crippen molar-refractivity contribution in [1.82, 2.24) is 5.32 Å². The summed E-state index contributed by atoms with van der Waals surface area (Å²) >= 11 is 0. The number of fused-ring (bicyclic) bond motifs is 1. The van der Waals surface area contributed by atoms with Gasteiger partial charge in [0.2, 0.25) is 0 Å². The summed E-state index contributed by atoms with van der Waals surface area (Å²) in [6.45, 7) is 8.58. The molecule has 1 aliphatic rings. The molecule has 20 heavy (non-hydrogen) atoms. The maximum Gasteiger partial charge on any atom is 0.261 e. The van der Waals surface area contributed by atoms with Gasteiger partial charge in [-0.3, -0.25) is 14.9 Å². The smallest absolute Gasteiger partial charge is 0.261 e. The zero-order valence-electron chi connectivity index (χ0n) is 12.2. The van der Waals surface area contributed by atoms with Crippen molar-refractivity contribution >= 4 is 17.4 Å². The highest BCUT2D eigenvalue weighted by Gasteiger charge is 2.29. The number of amides is 2. The summed E-state index contributed by atoms with van der Waals surface area (Å²) in [5, 5.41) is 2.33. The van der Waals surface area contributed by atoms with E-state index in [1.165, 1.54) is 6.26 Å². The molecular formula is C16H19NO3. The van der Waals surface area contributed by atoms with Crippen molar-refractivity contribution in [3.63, 3.8) is 0 Å². The Morgan fingerprint density at radius 2 is 1.85 bits per heavy atom. The van der Waals surface area contributed by atoms with Crippen LogP contribution in [0, 0.1) is 0 Å². The van der Waals surface area contributed by atoms with Crippen LogP contribution >= 0.6 is 0 Å². The lowest BCUT2D eigenvalue weighted by Gasteiger charge is -2.24. The summed E-state index contributed by atoms with van der Waals surface area (Å²) in [7, 11) is 0. The first kappa shape index (κ1) is 14.3. The highest BCUT2D eigenvalue weighted by molar-refractivity contribution is 6.30. The Morgan fingerprint density at radius 1 is 1.15 bits per heavy atom. The molecule has 0 unspecified atom stereocenters. The Bertz CT molecular complexity index is 594. The fourth-order valence-electron chi connectivity index (χ4n) is 2.08. The first-order valence-corrected chi connectivity index (χ1v) is 6.67. The van der Waals surface area contributed by atoms with Crippen LogP contribution in [0.2, 0.25) is 0 Å². The van der Waals surface area contributed by atoms with Crippen LogP contribution in [0.3, 0.4) is 0 Å². The lowest BCUT2D eigenvalue weighted by molar-refractivity contribution is -0.114. The van der Waals surface area contributed by atoms with E-state index in [4.69, 9.17) is 4.74 Å². The van der Waals surface area contributed by atoms with E-state index in [1.54, 1.807) is 6.07 Å². The van der Waals surface area contributed by atoms with E-state index in [1.807, 2.05) is 19.1 Å². The molecule has 4 nitrogen and oxygen atoms in total. The first-order valence-electron chi connectivity index (χ1n) is 6.67. The predicted molar refractivity (Wildman–Crippen MR) is 77.2 cm³/mol. The molecule has 0 saturated carbocycles. The van der Waals surface area contributed by atoms with E-state index in [0.29, 0.717) is 23.3 Å². The number of rotatable bonds is 2. The highest BCUT2D eigenvalue weighted by Crippen LogP contribution is 2.30. The molecule has 1 heterocycles. The average Bonchev–Trinajstić information content (AvgIpc) is 2.37. The van der Waals surface area contributed by atoms with Crippen LogP contribution in [0.4, 0.5) is 0 Å². The van der Waals surface area contributed by atoms with Crippen molar-refractivity contribution in [2.75, 3.05) is 6.61 Å². The largest absolute Gasteiger partial charge is 0.501 e. The number of hydrogen-bond acceptors (Lipinski definition) is 3. The average molecular weight is 273 g/mol. The van der Waals surface area contributed by atoms with Crippen LogP contribution in [0.15, 0.2) is 24.5 Å². The summed E-state index contributed by atoms with van der Waals surface area (Å²) in [6.07, 6.45) is 1.42. The van der Waals surface area contributed by atoms with Crippen LogP contribution in [-0.2, 0) is 14.9 Å². The van der Waals surface area contributed by atoms with Crippen molar-refractivity contribution in [2.45, 2.75) is 33.1 Å². The minimum Gasteiger partial charge on any atom is -0.501 e. The van der Waals surface area contributed by atoms with Gasteiger partial charge in [0.15, 0.2) is 0 Å². The molecule has 1 aliphatic heterocycles. The Labute approximate surface area is 118 Å². The summed E-state index contributed by atoms with van der Waals surface area (Å²) in [5.41, 5.74) is 2.56. The number of carbonyl (C=O) groups is 2. The Balaban J connectivity index is 2.60. The molecule has 0 aromatic heterocycles. The van der Waals surface area contributed by atoms with Gasteiger partial charge in [-0.2, -0.15) is 0 Å². The summed E-state index contributed by atoms with van der Waals surface area (Å²) in [5.74, 6) is -0.777. The second-order valence-corrected chi connectivity index (χ2v) is 5.78. The molecule has 0 aliphatic carbocycles. The van der Waals surface area contributed by atoms with Gasteiger partial charge in [0.25, 0.3) is 11.8 Å². The molecule has 2 amide bonds. The zero-order chi connectivity index (χ0) is 14.9. The molecule has 0 atom stereocenters.